The van der Waals surface area contributed by atoms with Gasteiger partial charge >= 0.3 is 5.97 Å². The molecule has 0 amide bonds. The Kier molecular flexibility index (Phi) is 4.47. The van der Waals surface area contributed by atoms with Gasteiger partial charge < -0.3 is 10.1 Å². The van der Waals surface area contributed by atoms with E-state index in [2.05, 4.69) is 5.32 Å². The molecule has 0 saturated carbocycles. The van der Waals surface area contributed by atoms with Gasteiger partial charge in [0.1, 0.15) is 5.60 Å². The molecule has 0 aromatic heterocycles. The van der Waals surface area contributed by atoms with Crippen molar-refractivity contribution in [2.75, 3.05) is 13.1 Å². The number of Topliss-reactive ketones (excluding diaryl/α,β-unsaturated/α-hetero) is 1. The standard InChI is InChI=1S/C17H23NO3/c1-16(2,3)21-15(20)14(19)17(9-11-18-12-10-17)13-7-5-4-6-8-13/h4-8,18H,9-12H2,1-3H3. The van der Waals surface area contributed by atoms with E-state index in [1.54, 1.807) is 20.8 Å². The molecule has 1 heterocycles. The highest BCUT2D eigenvalue weighted by Crippen LogP contribution is 2.35. The molecule has 1 N–H and O–H groups in total. The SMILES string of the molecule is CC(C)(C)OC(=O)C(=O)C1(c2ccccc2)CCNCC1. The number of ether oxygens (including phenoxy) is 1. The second-order valence-electron chi connectivity index (χ2n) is 6.53. The number of carbonyl (C=O) groups is 2. The number of piperidine rings is 1. The molecule has 1 aromatic rings. The number of nitrogens with one attached hydrogen (secondary N) is 1. The zero-order valence-corrected chi connectivity index (χ0v) is 12.9. The number of carbonyl (C=O) groups excluding carboxylic acids is 2. The first-order chi connectivity index (χ1) is 9.85. The monoisotopic (exact) mass is 289 g/mol. The van der Waals surface area contributed by atoms with Gasteiger partial charge in [0.25, 0.3) is 5.78 Å². The van der Waals surface area contributed by atoms with Gasteiger partial charge in [-0.15, -0.1) is 0 Å². The predicted octanol–water partition coefficient (Wildman–Crippen LogP) is 2.22. The van der Waals surface area contributed by atoms with E-state index in [4.69, 9.17) is 4.74 Å². The van der Waals surface area contributed by atoms with Crippen LogP contribution in [0.25, 0.3) is 0 Å². The van der Waals surface area contributed by atoms with E-state index < -0.39 is 22.8 Å². The summed E-state index contributed by atoms with van der Waals surface area (Å²) in [5.41, 5.74) is -0.505. The first-order valence-corrected chi connectivity index (χ1v) is 7.39. The molecule has 0 atom stereocenters. The van der Waals surface area contributed by atoms with E-state index in [9.17, 15) is 9.59 Å². The molecular weight excluding hydrogens is 266 g/mol. The van der Waals surface area contributed by atoms with Crippen LogP contribution in [0.3, 0.4) is 0 Å². The smallest absolute Gasteiger partial charge is 0.376 e. The fourth-order valence-electron chi connectivity index (χ4n) is 2.78. The molecule has 0 spiro atoms. The maximum Gasteiger partial charge on any atom is 0.376 e. The summed E-state index contributed by atoms with van der Waals surface area (Å²) in [5.74, 6) is -1.15. The maximum absolute atomic E-state index is 12.8. The normalized spacial score (nSPS) is 18.0. The van der Waals surface area contributed by atoms with Gasteiger partial charge in [-0.05, 0) is 52.3 Å². The molecule has 1 aliphatic rings. The number of rotatable bonds is 3. The molecule has 2 rings (SSSR count). The number of esters is 1. The van der Waals surface area contributed by atoms with Crippen LogP contribution in [0.15, 0.2) is 30.3 Å². The number of hydrogen-bond donors (Lipinski definition) is 1. The van der Waals surface area contributed by atoms with Crippen molar-refractivity contribution in [1.29, 1.82) is 0 Å². The molecule has 4 heteroatoms. The zero-order valence-electron chi connectivity index (χ0n) is 12.9. The van der Waals surface area contributed by atoms with E-state index in [0.717, 1.165) is 18.7 Å². The summed E-state index contributed by atoms with van der Waals surface area (Å²) < 4.78 is 5.29. The van der Waals surface area contributed by atoms with Crippen molar-refractivity contribution in [3.8, 4) is 0 Å². The van der Waals surface area contributed by atoms with Crippen LogP contribution in [-0.4, -0.2) is 30.4 Å². The summed E-state index contributed by atoms with van der Waals surface area (Å²) in [7, 11) is 0. The average Bonchev–Trinajstić information content (AvgIpc) is 2.46. The van der Waals surface area contributed by atoms with Crippen LogP contribution in [0.1, 0.15) is 39.2 Å². The molecule has 1 aromatic carbocycles. The molecule has 1 fully saturated rings. The fraction of sp³-hybridized carbons (Fsp3) is 0.529. The molecule has 0 bridgehead atoms. The lowest BCUT2D eigenvalue weighted by Crippen LogP contribution is -2.49. The number of ketones is 1. The van der Waals surface area contributed by atoms with E-state index in [1.807, 2.05) is 30.3 Å². The van der Waals surface area contributed by atoms with Crippen LogP contribution >= 0.6 is 0 Å². The lowest BCUT2D eigenvalue weighted by Gasteiger charge is -2.36. The largest absolute Gasteiger partial charge is 0.454 e. The maximum atomic E-state index is 12.8. The van der Waals surface area contributed by atoms with Gasteiger partial charge in [0.2, 0.25) is 0 Å². The second kappa shape index (κ2) is 5.98. The third-order valence-electron chi connectivity index (χ3n) is 3.80. The van der Waals surface area contributed by atoms with Crippen molar-refractivity contribution < 1.29 is 14.3 Å². The van der Waals surface area contributed by atoms with Crippen LogP contribution in [-0.2, 0) is 19.7 Å². The first-order valence-electron chi connectivity index (χ1n) is 7.39. The summed E-state index contributed by atoms with van der Waals surface area (Å²) in [6.07, 6.45) is 1.24. The Labute approximate surface area is 125 Å². The summed E-state index contributed by atoms with van der Waals surface area (Å²) in [5, 5.41) is 3.25. The Balaban J connectivity index is 2.32. The minimum absolute atomic E-state index is 0.426. The van der Waals surface area contributed by atoms with E-state index >= 15 is 0 Å². The topological polar surface area (TPSA) is 55.4 Å². The first kappa shape index (κ1) is 15.7. The quantitative estimate of drug-likeness (QED) is 0.685. The van der Waals surface area contributed by atoms with Gasteiger partial charge in [-0.25, -0.2) is 4.79 Å². The van der Waals surface area contributed by atoms with Crippen molar-refractivity contribution in [2.45, 2.75) is 44.6 Å². The van der Waals surface area contributed by atoms with Crippen molar-refractivity contribution in [1.82, 2.24) is 5.32 Å². The van der Waals surface area contributed by atoms with Gasteiger partial charge in [-0.2, -0.15) is 0 Å². The number of hydrogen-bond acceptors (Lipinski definition) is 4. The van der Waals surface area contributed by atoms with Gasteiger partial charge in [0, 0.05) is 0 Å². The van der Waals surface area contributed by atoms with Gasteiger partial charge in [0.15, 0.2) is 0 Å². The zero-order chi connectivity index (χ0) is 15.5. The molecule has 1 saturated heterocycles. The van der Waals surface area contributed by atoms with Crippen LogP contribution in [0.4, 0.5) is 0 Å². The Morgan fingerprint density at radius 2 is 1.67 bits per heavy atom. The van der Waals surface area contributed by atoms with Crippen molar-refractivity contribution >= 4 is 11.8 Å². The summed E-state index contributed by atoms with van der Waals surface area (Å²) in [6.45, 7) is 6.77. The molecular formula is C17H23NO3. The Hall–Kier alpha value is -1.68. The average molecular weight is 289 g/mol. The lowest BCUT2D eigenvalue weighted by molar-refractivity contribution is -0.165. The highest BCUT2D eigenvalue weighted by atomic mass is 16.6. The highest BCUT2D eigenvalue weighted by molar-refractivity contribution is 6.37. The molecule has 114 valence electrons. The van der Waals surface area contributed by atoms with E-state index in [-0.39, 0.29) is 0 Å². The summed E-state index contributed by atoms with van der Waals surface area (Å²) in [6, 6.07) is 9.57. The van der Waals surface area contributed by atoms with Crippen molar-refractivity contribution in [2.24, 2.45) is 0 Å². The van der Waals surface area contributed by atoms with Crippen LogP contribution in [0.5, 0.6) is 0 Å². The second-order valence-corrected chi connectivity index (χ2v) is 6.53. The third kappa shape index (κ3) is 3.50. The van der Waals surface area contributed by atoms with Gasteiger partial charge in [0.05, 0.1) is 5.41 Å². The van der Waals surface area contributed by atoms with Crippen molar-refractivity contribution in [3.05, 3.63) is 35.9 Å². The van der Waals surface area contributed by atoms with Crippen LogP contribution in [0.2, 0.25) is 0 Å². The Bertz CT molecular complexity index is 511. The molecule has 21 heavy (non-hydrogen) atoms. The highest BCUT2D eigenvalue weighted by Gasteiger charge is 2.45. The summed E-state index contributed by atoms with van der Waals surface area (Å²) in [4.78, 5) is 25.0. The molecule has 4 nitrogen and oxygen atoms in total. The minimum atomic E-state index is -0.755. The summed E-state index contributed by atoms with van der Waals surface area (Å²) >= 11 is 0. The van der Waals surface area contributed by atoms with Gasteiger partial charge in [-0.1, -0.05) is 30.3 Å². The van der Waals surface area contributed by atoms with Crippen LogP contribution in [0, 0.1) is 0 Å². The third-order valence-corrected chi connectivity index (χ3v) is 3.80. The Morgan fingerprint density at radius 3 is 2.19 bits per heavy atom. The van der Waals surface area contributed by atoms with Gasteiger partial charge in [-0.3, -0.25) is 4.79 Å². The number of benzene rings is 1. The molecule has 0 unspecified atom stereocenters. The van der Waals surface area contributed by atoms with Crippen molar-refractivity contribution in [3.63, 3.8) is 0 Å². The lowest BCUT2D eigenvalue weighted by atomic mass is 9.70. The molecule has 0 aliphatic carbocycles. The Morgan fingerprint density at radius 1 is 1.10 bits per heavy atom. The fourth-order valence-corrected chi connectivity index (χ4v) is 2.78. The molecule has 0 radical (unpaired) electrons. The van der Waals surface area contributed by atoms with E-state index in [1.165, 1.54) is 0 Å². The van der Waals surface area contributed by atoms with Crippen LogP contribution < -0.4 is 5.32 Å². The predicted molar refractivity (Wildman–Crippen MR) is 81.1 cm³/mol. The minimum Gasteiger partial charge on any atom is -0.454 e. The molecule has 1 aliphatic heterocycles. The van der Waals surface area contributed by atoms with E-state index in [0.29, 0.717) is 12.8 Å².